The van der Waals surface area contributed by atoms with Crippen LogP contribution in [0.5, 0.6) is 0 Å². The van der Waals surface area contributed by atoms with Gasteiger partial charge in [0.2, 0.25) is 0 Å². The Kier molecular flexibility index (Phi) is 7.94. The van der Waals surface area contributed by atoms with Crippen molar-refractivity contribution in [2.45, 2.75) is 58.0 Å². The van der Waals surface area contributed by atoms with E-state index in [1.165, 1.54) is 31.8 Å². The molecule has 2 nitrogen and oxygen atoms in total. The van der Waals surface area contributed by atoms with Gasteiger partial charge in [-0.3, -0.25) is 0 Å². The first-order chi connectivity index (χ1) is 23.5. The molecule has 0 bridgehead atoms. The van der Waals surface area contributed by atoms with Crippen LogP contribution in [0.3, 0.4) is 0 Å². The van der Waals surface area contributed by atoms with Gasteiger partial charge in [0.05, 0.1) is 0 Å². The van der Waals surface area contributed by atoms with E-state index in [1.54, 1.807) is 0 Å². The molecule has 1 heterocycles. The summed E-state index contributed by atoms with van der Waals surface area (Å²) in [7, 11) is 0. The number of benzene rings is 6. The zero-order chi connectivity index (χ0) is 34.5. The molecule has 0 atom stereocenters. The van der Waals surface area contributed by atoms with Crippen molar-refractivity contribution < 1.29 is 9.47 Å². The minimum absolute atomic E-state index is 0.606. The van der Waals surface area contributed by atoms with Crippen LogP contribution in [0.15, 0.2) is 182 Å². The first kappa shape index (κ1) is 33.6. The molecule has 0 amide bonds. The van der Waals surface area contributed by atoms with E-state index in [0.29, 0.717) is 0 Å². The molecular weight excluding hydrogens is 634 g/mol. The van der Waals surface area contributed by atoms with Crippen LogP contribution in [0, 0.1) is 0 Å². The molecule has 0 saturated carbocycles. The van der Waals surface area contributed by atoms with E-state index in [9.17, 15) is 0 Å². The van der Waals surface area contributed by atoms with E-state index >= 15 is 0 Å². The monoisotopic (exact) mass is 682 g/mol. The molecule has 1 aliphatic rings. The van der Waals surface area contributed by atoms with E-state index in [2.05, 4.69) is 224 Å². The third-order valence-electron chi connectivity index (χ3n) is 10.3. The quantitative estimate of drug-likeness (QED) is 0.118. The molecule has 4 heteroatoms. The van der Waals surface area contributed by atoms with Crippen molar-refractivity contribution in [2.75, 3.05) is 0 Å². The van der Waals surface area contributed by atoms with Crippen LogP contribution in [0.25, 0.3) is 0 Å². The Morgan fingerprint density at radius 1 is 0.306 bits per heavy atom. The van der Waals surface area contributed by atoms with Gasteiger partial charge in [0.15, 0.2) is 0 Å². The third-order valence-corrected chi connectivity index (χ3v) is 34.2. The van der Waals surface area contributed by atoms with Gasteiger partial charge in [-0.2, -0.15) is 0 Å². The predicted molar refractivity (Wildman–Crippen MR) is 215 cm³/mol. The fourth-order valence-corrected chi connectivity index (χ4v) is 43.1. The topological polar surface area (TPSA) is 18.5 Å². The van der Waals surface area contributed by atoms with Gasteiger partial charge in [-0.25, -0.2) is 0 Å². The Bertz CT molecular complexity index is 1680. The Balaban J connectivity index is 2.00. The molecule has 0 aliphatic carbocycles. The Hall–Kier alpha value is -3.90. The van der Waals surface area contributed by atoms with E-state index in [0.717, 1.165) is 0 Å². The van der Waals surface area contributed by atoms with Gasteiger partial charge in [-0.1, -0.05) is 0 Å². The average Bonchev–Trinajstić information content (AvgIpc) is 3.56. The van der Waals surface area contributed by atoms with Crippen LogP contribution in [0.4, 0.5) is 0 Å². The summed E-state index contributed by atoms with van der Waals surface area (Å²) in [4.78, 5) is 0. The van der Waals surface area contributed by atoms with Crippen LogP contribution in [-0.4, -0.2) is 16.5 Å². The van der Waals surface area contributed by atoms with Gasteiger partial charge < -0.3 is 0 Å². The molecule has 6 aromatic carbocycles. The van der Waals surface area contributed by atoms with E-state index in [-0.39, 0.29) is 0 Å². The second-order valence-electron chi connectivity index (χ2n) is 15.1. The molecule has 0 unspecified atom stereocenters. The molecule has 0 radical (unpaired) electrons. The summed E-state index contributed by atoms with van der Waals surface area (Å²) in [6.45, 7) is 13.2. The minimum atomic E-state index is -4.17. The molecule has 0 N–H and O–H groups in total. The van der Waals surface area contributed by atoms with Crippen LogP contribution >= 0.6 is 12.6 Å². The molecule has 49 heavy (non-hydrogen) atoms. The summed E-state index contributed by atoms with van der Waals surface area (Å²) in [6, 6.07) is 67.7. The Morgan fingerprint density at radius 2 is 0.469 bits per heavy atom. The Labute approximate surface area is 292 Å². The van der Waals surface area contributed by atoms with Gasteiger partial charge in [0.1, 0.15) is 0 Å². The first-order valence-corrected chi connectivity index (χ1v) is 22.4. The van der Waals surface area contributed by atoms with E-state index < -0.39 is 29.1 Å². The average molecular weight is 683 g/mol. The second-order valence-corrected chi connectivity index (χ2v) is 28.8. The fraction of sp³-hybridized carbons (Fsp3) is 0.200. The third kappa shape index (κ3) is 3.87. The van der Waals surface area contributed by atoms with E-state index in [4.69, 9.17) is 9.47 Å². The fourth-order valence-electron chi connectivity index (χ4n) is 9.39. The van der Waals surface area contributed by atoms with Crippen molar-refractivity contribution in [1.82, 2.24) is 0 Å². The molecule has 1 aliphatic heterocycles. The summed E-state index contributed by atoms with van der Waals surface area (Å²) in [5.41, 5.74) is -1.21. The summed E-state index contributed by atoms with van der Waals surface area (Å²) in [6.07, 6.45) is -8.34. The maximum absolute atomic E-state index is 8.17. The summed E-state index contributed by atoms with van der Waals surface area (Å²) in [5.74, 6) is 0. The van der Waals surface area contributed by atoms with Crippen molar-refractivity contribution in [3.63, 3.8) is 0 Å². The predicted octanol–water partition coefficient (Wildman–Crippen LogP) is 9.22. The first-order valence-electron chi connectivity index (χ1n) is 17.3. The molecule has 0 aromatic heterocycles. The number of ether oxygens (including phenoxy) is 2. The van der Waals surface area contributed by atoms with Crippen LogP contribution in [0.2, 0.25) is 0 Å². The van der Waals surface area contributed by atoms with Crippen molar-refractivity contribution in [3.05, 3.63) is 182 Å². The van der Waals surface area contributed by atoms with Gasteiger partial charge >= 0.3 is 294 Å². The van der Waals surface area contributed by atoms with Crippen molar-refractivity contribution >= 4 is 44.4 Å². The maximum atomic E-state index is 8.17. The van der Waals surface area contributed by atoms with Gasteiger partial charge in [0, 0.05) is 0 Å². The Morgan fingerprint density at radius 3 is 0.612 bits per heavy atom. The number of hydrogen-bond donors (Lipinski definition) is 0. The molecule has 7 rings (SSSR count). The SMILES string of the molecule is CC(C)(C)OC1(OC(C)(C)C)P(c2ccccc2)(c2ccccc2)(c2ccccc2)P1(c1ccccc1)(c1ccccc1)c1ccccc1. The molecular formula is C45H48O2P2. The summed E-state index contributed by atoms with van der Waals surface area (Å²) < 4.78 is 16.3. The zero-order valence-electron chi connectivity index (χ0n) is 29.5. The van der Waals surface area contributed by atoms with Crippen molar-refractivity contribution in [1.29, 1.82) is 0 Å². The molecule has 1 saturated heterocycles. The standard InChI is InChI=1S/C45H48O2P2/c1-43(2,3)46-45(47-44(4,5)6)48(37-25-13-7-14-26-37,38-27-15-8-16-28-38,39-29-17-9-18-30-39)49(45,40-31-19-10-20-32-40,41-33-21-11-22-34-41)42-35-23-12-24-36-42/h7-36H,1-6H3. The molecule has 1 fully saturated rings. The van der Waals surface area contributed by atoms with Crippen molar-refractivity contribution in [3.8, 4) is 0 Å². The number of rotatable bonds is 8. The summed E-state index contributed by atoms with van der Waals surface area (Å²) >= 11 is 0. The van der Waals surface area contributed by atoms with Gasteiger partial charge in [-0.05, 0) is 0 Å². The van der Waals surface area contributed by atoms with Crippen LogP contribution < -0.4 is 31.8 Å². The van der Waals surface area contributed by atoms with Crippen LogP contribution in [0.1, 0.15) is 41.5 Å². The number of hydrogen-bond acceptors (Lipinski definition) is 2. The van der Waals surface area contributed by atoms with Crippen molar-refractivity contribution in [2.24, 2.45) is 0 Å². The van der Waals surface area contributed by atoms with Gasteiger partial charge in [0.25, 0.3) is 0 Å². The molecule has 0 spiro atoms. The second kappa shape index (κ2) is 11.6. The zero-order valence-corrected chi connectivity index (χ0v) is 31.3. The molecule has 6 aromatic rings. The summed E-state index contributed by atoms with van der Waals surface area (Å²) in [5, 5.41) is 6.37. The van der Waals surface area contributed by atoms with Crippen LogP contribution in [-0.2, 0) is 9.47 Å². The molecule has 250 valence electrons. The van der Waals surface area contributed by atoms with E-state index in [1.807, 2.05) is 0 Å². The van der Waals surface area contributed by atoms with Gasteiger partial charge in [-0.15, -0.1) is 0 Å². The normalized spacial score (nSPS) is 20.0.